The molecule has 0 saturated carbocycles. The first-order valence-corrected chi connectivity index (χ1v) is 6.05. The van der Waals surface area contributed by atoms with Crippen LogP contribution in [0.5, 0.6) is 11.5 Å². The molecule has 0 radical (unpaired) electrons. The molecule has 98 valence electrons. The van der Waals surface area contributed by atoms with Gasteiger partial charge >= 0.3 is 5.97 Å². The summed E-state index contributed by atoms with van der Waals surface area (Å²) in [5.74, 6) is 0.466. The van der Waals surface area contributed by atoms with Crippen molar-refractivity contribution in [1.29, 1.82) is 0 Å². The lowest BCUT2D eigenvalue weighted by molar-refractivity contribution is -0.134. The summed E-state index contributed by atoms with van der Waals surface area (Å²) in [5, 5.41) is 0. The SMILES string of the molecule is CCCCCC(=O)Oc1ccc(C=O)cc1OC. The van der Waals surface area contributed by atoms with E-state index >= 15 is 0 Å². The summed E-state index contributed by atoms with van der Waals surface area (Å²) < 4.78 is 10.3. The van der Waals surface area contributed by atoms with Gasteiger partial charge in [-0.3, -0.25) is 9.59 Å². The van der Waals surface area contributed by atoms with Crippen LogP contribution >= 0.6 is 0 Å². The zero-order chi connectivity index (χ0) is 13.4. The molecule has 4 nitrogen and oxygen atoms in total. The van der Waals surface area contributed by atoms with E-state index in [9.17, 15) is 9.59 Å². The molecule has 0 amide bonds. The number of carbonyl (C=O) groups excluding carboxylic acids is 2. The fourth-order valence-corrected chi connectivity index (χ4v) is 1.53. The highest BCUT2D eigenvalue weighted by atomic mass is 16.6. The first-order chi connectivity index (χ1) is 8.71. The summed E-state index contributed by atoms with van der Waals surface area (Å²) in [5.41, 5.74) is 0.484. The molecule has 0 saturated heterocycles. The number of benzene rings is 1. The van der Waals surface area contributed by atoms with Crippen LogP contribution in [0.1, 0.15) is 43.0 Å². The Balaban J connectivity index is 2.65. The van der Waals surface area contributed by atoms with Crippen LogP contribution in [0.4, 0.5) is 0 Å². The lowest BCUT2D eigenvalue weighted by Gasteiger charge is -2.09. The molecule has 0 N–H and O–H groups in total. The summed E-state index contributed by atoms with van der Waals surface area (Å²) in [6.45, 7) is 2.08. The fourth-order valence-electron chi connectivity index (χ4n) is 1.53. The zero-order valence-electron chi connectivity index (χ0n) is 10.8. The van der Waals surface area contributed by atoms with Gasteiger partial charge in [-0.05, 0) is 24.6 Å². The average molecular weight is 250 g/mol. The topological polar surface area (TPSA) is 52.6 Å². The van der Waals surface area contributed by atoms with Gasteiger partial charge in [0.15, 0.2) is 11.5 Å². The summed E-state index contributed by atoms with van der Waals surface area (Å²) in [6.07, 6.45) is 4.01. The fraction of sp³-hybridized carbons (Fsp3) is 0.429. The number of methoxy groups -OCH3 is 1. The molecule has 0 heterocycles. The van der Waals surface area contributed by atoms with Gasteiger partial charge in [-0.1, -0.05) is 19.8 Å². The molecule has 0 fully saturated rings. The van der Waals surface area contributed by atoms with Crippen molar-refractivity contribution in [1.82, 2.24) is 0 Å². The van der Waals surface area contributed by atoms with Gasteiger partial charge < -0.3 is 9.47 Å². The van der Waals surface area contributed by atoms with Crippen LogP contribution in [0.15, 0.2) is 18.2 Å². The molecule has 0 aromatic heterocycles. The third-order valence-corrected chi connectivity index (χ3v) is 2.53. The minimum atomic E-state index is -0.277. The molecule has 0 atom stereocenters. The van der Waals surface area contributed by atoms with Crippen molar-refractivity contribution in [2.24, 2.45) is 0 Å². The average Bonchev–Trinajstić information content (AvgIpc) is 2.39. The second kappa shape index (κ2) is 7.48. The second-order valence-electron chi connectivity index (χ2n) is 3.96. The minimum absolute atomic E-state index is 0.277. The largest absolute Gasteiger partial charge is 0.493 e. The monoisotopic (exact) mass is 250 g/mol. The number of unbranched alkanes of at least 4 members (excludes halogenated alkanes) is 2. The smallest absolute Gasteiger partial charge is 0.311 e. The molecule has 1 rings (SSSR count). The normalized spacial score (nSPS) is 9.89. The Morgan fingerprint density at radius 2 is 2.06 bits per heavy atom. The number of aldehydes is 1. The van der Waals surface area contributed by atoms with Gasteiger partial charge in [-0.2, -0.15) is 0 Å². The van der Waals surface area contributed by atoms with Crippen molar-refractivity contribution in [3.05, 3.63) is 23.8 Å². The highest BCUT2D eigenvalue weighted by molar-refractivity contribution is 5.78. The molecular formula is C14H18O4. The van der Waals surface area contributed by atoms with Crippen molar-refractivity contribution < 1.29 is 19.1 Å². The van der Waals surface area contributed by atoms with Gasteiger partial charge in [0.1, 0.15) is 6.29 Å². The van der Waals surface area contributed by atoms with Gasteiger partial charge in [-0.25, -0.2) is 0 Å². The first kappa shape index (κ1) is 14.2. The number of rotatable bonds is 7. The van der Waals surface area contributed by atoms with Gasteiger partial charge in [0, 0.05) is 12.0 Å². The van der Waals surface area contributed by atoms with E-state index < -0.39 is 0 Å². The van der Waals surface area contributed by atoms with E-state index in [4.69, 9.17) is 9.47 Å². The molecule has 1 aromatic rings. The Kier molecular flexibility index (Phi) is 5.91. The zero-order valence-corrected chi connectivity index (χ0v) is 10.8. The number of hydrogen-bond donors (Lipinski definition) is 0. The van der Waals surface area contributed by atoms with Gasteiger partial charge in [0.05, 0.1) is 7.11 Å². The molecule has 18 heavy (non-hydrogen) atoms. The van der Waals surface area contributed by atoms with Crippen LogP contribution in [0.3, 0.4) is 0 Å². The predicted octanol–water partition coefficient (Wildman–Crippen LogP) is 2.99. The second-order valence-corrected chi connectivity index (χ2v) is 3.96. The van der Waals surface area contributed by atoms with Gasteiger partial charge in [0.2, 0.25) is 0 Å². The molecule has 4 heteroatoms. The third-order valence-electron chi connectivity index (χ3n) is 2.53. The standard InChI is InChI=1S/C14H18O4/c1-3-4-5-6-14(16)18-12-8-7-11(10-15)9-13(12)17-2/h7-10H,3-6H2,1-2H3. The Bertz CT molecular complexity index is 412. The highest BCUT2D eigenvalue weighted by Gasteiger charge is 2.10. The lowest BCUT2D eigenvalue weighted by atomic mass is 10.2. The molecule has 0 aliphatic carbocycles. The molecule has 1 aromatic carbocycles. The van der Waals surface area contributed by atoms with Crippen LogP contribution in [0.25, 0.3) is 0 Å². The van der Waals surface area contributed by atoms with Crippen LogP contribution in [0.2, 0.25) is 0 Å². The maximum Gasteiger partial charge on any atom is 0.311 e. The van der Waals surface area contributed by atoms with E-state index in [2.05, 4.69) is 6.92 Å². The van der Waals surface area contributed by atoms with Crippen molar-refractivity contribution >= 4 is 12.3 Å². The van der Waals surface area contributed by atoms with E-state index in [1.54, 1.807) is 18.2 Å². The molecule has 0 aliphatic rings. The van der Waals surface area contributed by atoms with E-state index in [0.29, 0.717) is 23.5 Å². The van der Waals surface area contributed by atoms with Crippen molar-refractivity contribution in [3.63, 3.8) is 0 Å². The Hall–Kier alpha value is -1.84. The van der Waals surface area contributed by atoms with Crippen molar-refractivity contribution in [2.45, 2.75) is 32.6 Å². The van der Waals surface area contributed by atoms with E-state index in [1.165, 1.54) is 7.11 Å². The van der Waals surface area contributed by atoms with Crippen molar-refractivity contribution in [3.8, 4) is 11.5 Å². The summed E-state index contributed by atoms with van der Waals surface area (Å²) in [4.78, 5) is 22.2. The molecule has 0 bridgehead atoms. The summed E-state index contributed by atoms with van der Waals surface area (Å²) >= 11 is 0. The van der Waals surface area contributed by atoms with E-state index in [1.807, 2.05) is 0 Å². The van der Waals surface area contributed by atoms with Gasteiger partial charge in [-0.15, -0.1) is 0 Å². The van der Waals surface area contributed by atoms with E-state index in [0.717, 1.165) is 25.5 Å². The third kappa shape index (κ3) is 4.20. The van der Waals surface area contributed by atoms with E-state index in [-0.39, 0.29) is 5.97 Å². The van der Waals surface area contributed by atoms with Crippen molar-refractivity contribution in [2.75, 3.05) is 7.11 Å². The maximum absolute atomic E-state index is 11.6. The van der Waals surface area contributed by atoms with Crippen LogP contribution < -0.4 is 9.47 Å². The highest BCUT2D eigenvalue weighted by Crippen LogP contribution is 2.28. The predicted molar refractivity (Wildman–Crippen MR) is 68.2 cm³/mol. The van der Waals surface area contributed by atoms with Crippen LogP contribution in [-0.4, -0.2) is 19.4 Å². The Labute approximate surface area is 107 Å². The maximum atomic E-state index is 11.6. The molecule has 0 spiro atoms. The minimum Gasteiger partial charge on any atom is -0.493 e. The Morgan fingerprint density at radius 1 is 1.28 bits per heavy atom. The molecule has 0 aliphatic heterocycles. The lowest BCUT2D eigenvalue weighted by Crippen LogP contribution is -2.08. The number of hydrogen-bond acceptors (Lipinski definition) is 4. The summed E-state index contributed by atoms with van der Waals surface area (Å²) in [7, 11) is 1.47. The Morgan fingerprint density at radius 3 is 2.67 bits per heavy atom. The molecular weight excluding hydrogens is 232 g/mol. The quantitative estimate of drug-likeness (QED) is 0.323. The number of ether oxygens (including phenoxy) is 2. The number of esters is 1. The molecule has 0 unspecified atom stereocenters. The van der Waals surface area contributed by atoms with Gasteiger partial charge in [0.25, 0.3) is 0 Å². The summed E-state index contributed by atoms with van der Waals surface area (Å²) in [6, 6.07) is 4.70. The van der Waals surface area contributed by atoms with Crippen LogP contribution in [-0.2, 0) is 4.79 Å². The first-order valence-electron chi connectivity index (χ1n) is 6.05. The van der Waals surface area contributed by atoms with Crippen LogP contribution in [0, 0.1) is 0 Å². The number of carbonyl (C=O) groups is 2.